The summed E-state index contributed by atoms with van der Waals surface area (Å²) in [6.45, 7) is 0.889. The molecular weight excluding hydrogens is 336 g/mol. The van der Waals surface area contributed by atoms with Crippen molar-refractivity contribution in [2.45, 2.75) is 18.6 Å². The van der Waals surface area contributed by atoms with Gasteiger partial charge in [-0.25, -0.2) is 0 Å². The molecule has 11 heteroatoms. The largest absolute Gasteiger partial charge is 0.480 e. The van der Waals surface area contributed by atoms with Crippen molar-refractivity contribution >= 4 is 17.8 Å². The second-order valence-electron chi connectivity index (χ2n) is 5.38. The summed E-state index contributed by atoms with van der Waals surface area (Å²) in [4.78, 5) is 33.6. The maximum absolute atomic E-state index is 11.9. The Morgan fingerprint density at radius 1 is 1.00 bits per heavy atom. The third-order valence-electron chi connectivity index (χ3n) is 3.41. The Balaban J connectivity index is 4.34. The molecule has 0 radical (unpaired) electrons. The van der Waals surface area contributed by atoms with Gasteiger partial charge in [0.2, 0.25) is 5.91 Å². The summed E-state index contributed by atoms with van der Waals surface area (Å²) < 4.78 is 0. The summed E-state index contributed by atoms with van der Waals surface area (Å²) in [6.07, 6.45) is -1.38. The standard InChI is InChI=1S/C14H28N4O7/c1-15-13(23)10(6-9(20)8-19)12(14(24)25)18-5-4-16-2-3-17-7-11(21)22/h9-10,12,16-20H,2-8H2,1H3,(H,15,23)(H,21,22)(H,24,25). The molecule has 0 saturated heterocycles. The van der Waals surface area contributed by atoms with Gasteiger partial charge in [-0.3, -0.25) is 14.4 Å². The number of hydrogen-bond acceptors (Lipinski definition) is 8. The molecule has 146 valence electrons. The molecular formula is C14H28N4O7. The van der Waals surface area contributed by atoms with E-state index in [2.05, 4.69) is 21.3 Å². The lowest BCUT2D eigenvalue weighted by molar-refractivity contribution is -0.145. The van der Waals surface area contributed by atoms with Crippen LogP contribution in [-0.2, 0) is 14.4 Å². The molecule has 0 fully saturated rings. The second-order valence-corrected chi connectivity index (χ2v) is 5.38. The molecule has 0 aromatic carbocycles. The lowest BCUT2D eigenvalue weighted by Crippen LogP contribution is -2.51. The molecule has 25 heavy (non-hydrogen) atoms. The van der Waals surface area contributed by atoms with E-state index in [0.717, 1.165) is 0 Å². The second kappa shape index (κ2) is 13.5. The number of aliphatic hydroxyl groups is 2. The lowest BCUT2D eigenvalue weighted by Gasteiger charge is -2.25. The van der Waals surface area contributed by atoms with Gasteiger partial charge < -0.3 is 41.7 Å². The number of aliphatic hydroxyl groups excluding tert-OH is 2. The molecule has 0 aliphatic carbocycles. The SMILES string of the molecule is CNC(=O)C(CC(O)CO)C(NCCNCCNCC(=O)O)C(=O)O. The van der Waals surface area contributed by atoms with Gasteiger partial charge in [0.15, 0.2) is 0 Å². The lowest BCUT2D eigenvalue weighted by atomic mass is 9.92. The molecule has 3 unspecified atom stereocenters. The van der Waals surface area contributed by atoms with Gasteiger partial charge in [0.25, 0.3) is 0 Å². The van der Waals surface area contributed by atoms with Gasteiger partial charge in [-0.1, -0.05) is 0 Å². The summed E-state index contributed by atoms with van der Waals surface area (Å²) in [6, 6.07) is -1.21. The fraction of sp³-hybridized carbons (Fsp3) is 0.786. The number of nitrogens with one attached hydrogen (secondary N) is 4. The van der Waals surface area contributed by atoms with Gasteiger partial charge >= 0.3 is 11.9 Å². The molecule has 0 aromatic heterocycles. The van der Waals surface area contributed by atoms with Crippen LogP contribution in [0.15, 0.2) is 0 Å². The van der Waals surface area contributed by atoms with Crippen LogP contribution >= 0.6 is 0 Å². The topological polar surface area (TPSA) is 180 Å². The molecule has 0 aromatic rings. The van der Waals surface area contributed by atoms with E-state index in [1.54, 1.807) is 0 Å². The van der Waals surface area contributed by atoms with E-state index in [1.807, 2.05) is 0 Å². The zero-order chi connectivity index (χ0) is 19.2. The van der Waals surface area contributed by atoms with E-state index in [-0.39, 0.29) is 19.5 Å². The molecule has 8 N–H and O–H groups in total. The molecule has 0 spiro atoms. The Labute approximate surface area is 145 Å². The highest BCUT2D eigenvalue weighted by Crippen LogP contribution is 2.13. The van der Waals surface area contributed by atoms with Gasteiger partial charge in [-0.15, -0.1) is 0 Å². The maximum atomic E-state index is 11.9. The van der Waals surface area contributed by atoms with Crippen molar-refractivity contribution in [1.82, 2.24) is 21.3 Å². The van der Waals surface area contributed by atoms with Crippen molar-refractivity contribution in [2.75, 3.05) is 46.4 Å². The molecule has 0 rings (SSSR count). The van der Waals surface area contributed by atoms with Crippen molar-refractivity contribution in [3.8, 4) is 0 Å². The predicted molar refractivity (Wildman–Crippen MR) is 88.1 cm³/mol. The molecule has 0 heterocycles. The molecule has 1 amide bonds. The molecule has 0 aliphatic rings. The average molecular weight is 364 g/mol. The van der Waals surface area contributed by atoms with Gasteiger partial charge in [0, 0.05) is 33.2 Å². The molecule has 0 aliphatic heterocycles. The summed E-state index contributed by atoms with van der Waals surface area (Å²) in [5, 5.41) is 47.0. The molecule has 0 saturated carbocycles. The molecule has 11 nitrogen and oxygen atoms in total. The van der Waals surface area contributed by atoms with E-state index in [0.29, 0.717) is 19.6 Å². The number of hydrogen-bond donors (Lipinski definition) is 8. The van der Waals surface area contributed by atoms with E-state index in [4.69, 9.17) is 10.2 Å². The minimum absolute atomic E-state index is 0.137. The first-order valence-electron chi connectivity index (χ1n) is 7.93. The first-order valence-corrected chi connectivity index (χ1v) is 7.93. The predicted octanol–water partition coefficient (Wildman–Crippen LogP) is -3.60. The van der Waals surface area contributed by atoms with Gasteiger partial charge in [-0.2, -0.15) is 0 Å². The quantitative estimate of drug-likeness (QED) is 0.135. The van der Waals surface area contributed by atoms with Gasteiger partial charge in [0.1, 0.15) is 6.04 Å². The number of carboxylic acid groups (broad SMARTS) is 2. The highest BCUT2D eigenvalue weighted by atomic mass is 16.4. The van der Waals surface area contributed by atoms with Crippen LogP contribution in [0.25, 0.3) is 0 Å². The Morgan fingerprint density at radius 2 is 1.60 bits per heavy atom. The van der Waals surface area contributed by atoms with Crippen molar-refractivity contribution < 1.29 is 34.8 Å². The monoisotopic (exact) mass is 364 g/mol. The first-order chi connectivity index (χ1) is 11.8. The Bertz CT molecular complexity index is 422. The Kier molecular flexibility index (Phi) is 12.5. The maximum Gasteiger partial charge on any atom is 0.321 e. The summed E-state index contributed by atoms with van der Waals surface area (Å²) in [7, 11) is 1.37. The highest BCUT2D eigenvalue weighted by molar-refractivity contribution is 5.86. The van der Waals surface area contributed by atoms with Crippen molar-refractivity contribution in [1.29, 1.82) is 0 Å². The van der Waals surface area contributed by atoms with Crippen molar-refractivity contribution in [3.63, 3.8) is 0 Å². The van der Waals surface area contributed by atoms with Crippen LogP contribution in [0, 0.1) is 5.92 Å². The van der Waals surface area contributed by atoms with Crippen LogP contribution in [0.3, 0.4) is 0 Å². The minimum atomic E-state index is -1.23. The Hall–Kier alpha value is -1.79. The minimum Gasteiger partial charge on any atom is -0.480 e. The average Bonchev–Trinajstić information content (AvgIpc) is 2.57. The fourth-order valence-electron chi connectivity index (χ4n) is 2.16. The third-order valence-corrected chi connectivity index (χ3v) is 3.41. The number of carbonyl (C=O) groups is 3. The molecule has 3 atom stereocenters. The van der Waals surface area contributed by atoms with Crippen molar-refractivity contribution in [3.05, 3.63) is 0 Å². The van der Waals surface area contributed by atoms with E-state index >= 15 is 0 Å². The third kappa shape index (κ3) is 10.6. The number of aliphatic carboxylic acids is 2. The van der Waals surface area contributed by atoms with Crippen LogP contribution in [-0.4, -0.2) is 96.8 Å². The van der Waals surface area contributed by atoms with Crippen LogP contribution in [0.4, 0.5) is 0 Å². The molecule has 0 bridgehead atoms. The summed E-state index contributed by atoms with van der Waals surface area (Å²) >= 11 is 0. The van der Waals surface area contributed by atoms with Crippen molar-refractivity contribution in [2.24, 2.45) is 5.92 Å². The fourth-order valence-corrected chi connectivity index (χ4v) is 2.16. The summed E-state index contributed by atoms with van der Waals surface area (Å²) in [5.74, 6) is -3.77. The van der Waals surface area contributed by atoms with Crippen LogP contribution in [0.2, 0.25) is 0 Å². The zero-order valence-electron chi connectivity index (χ0n) is 14.2. The highest BCUT2D eigenvalue weighted by Gasteiger charge is 2.34. The van der Waals surface area contributed by atoms with Crippen LogP contribution < -0.4 is 21.3 Å². The van der Waals surface area contributed by atoms with Gasteiger partial charge in [0.05, 0.1) is 25.2 Å². The zero-order valence-corrected chi connectivity index (χ0v) is 14.2. The summed E-state index contributed by atoms with van der Waals surface area (Å²) in [5.41, 5.74) is 0. The smallest absolute Gasteiger partial charge is 0.321 e. The number of carboxylic acids is 2. The van der Waals surface area contributed by atoms with Crippen LogP contribution in [0.5, 0.6) is 0 Å². The Morgan fingerprint density at radius 3 is 2.12 bits per heavy atom. The van der Waals surface area contributed by atoms with Gasteiger partial charge in [-0.05, 0) is 6.42 Å². The van der Waals surface area contributed by atoms with E-state index in [9.17, 15) is 24.6 Å². The number of amides is 1. The normalized spacial score (nSPS) is 14.5. The van der Waals surface area contributed by atoms with E-state index < -0.39 is 42.5 Å². The van der Waals surface area contributed by atoms with E-state index in [1.165, 1.54) is 7.05 Å². The number of carbonyl (C=O) groups excluding carboxylic acids is 1. The first kappa shape index (κ1) is 23.2. The number of rotatable bonds is 15. The van der Waals surface area contributed by atoms with Crippen LogP contribution in [0.1, 0.15) is 6.42 Å².